The van der Waals surface area contributed by atoms with E-state index in [0.29, 0.717) is 23.5 Å². The van der Waals surface area contributed by atoms with E-state index >= 15 is 0 Å². The topological polar surface area (TPSA) is 60.7 Å². The number of aromatic nitrogens is 2. The number of esters is 1. The first kappa shape index (κ1) is 14.5. The van der Waals surface area contributed by atoms with E-state index in [-0.39, 0.29) is 18.1 Å². The van der Waals surface area contributed by atoms with Gasteiger partial charge in [0, 0.05) is 24.1 Å². The lowest BCUT2D eigenvalue weighted by Crippen LogP contribution is -2.14. The number of aryl methyl sites for hydroxylation is 1. The molecular formula is C16H14N2O3S. The highest BCUT2D eigenvalue weighted by Gasteiger charge is 2.07. The molecule has 0 N–H and O–H groups in total. The van der Waals surface area contributed by atoms with Gasteiger partial charge < -0.3 is 4.74 Å². The van der Waals surface area contributed by atoms with Crippen LogP contribution in [0.15, 0.2) is 52.8 Å². The molecule has 0 amide bonds. The van der Waals surface area contributed by atoms with Crippen LogP contribution in [0.2, 0.25) is 0 Å². The van der Waals surface area contributed by atoms with Crippen molar-refractivity contribution in [2.75, 3.05) is 0 Å². The summed E-state index contributed by atoms with van der Waals surface area (Å²) in [6.45, 7) is 0.0251. The maximum absolute atomic E-state index is 11.8. The van der Waals surface area contributed by atoms with Gasteiger partial charge in [0.15, 0.2) is 4.96 Å². The second-order valence-electron chi connectivity index (χ2n) is 4.79. The maximum atomic E-state index is 11.8. The Kier molecular flexibility index (Phi) is 4.29. The fourth-order valence-electron chi connectivity index (χ4n) is 2.08. The fraction of sp³-hybridized carbons (Fsp3) is 0.188. The summed E-state index contributed by atoms with van der Waals surface area (Å²) in [5, 5.41) is 1.79. The van der Waals surface area contributed by atoms with Crippen LogP contribution in [-0.4, -0.2) is 15.4 Å². The summed E-state index contributed by atoms with van der Waals surface area (Å²) in [6, 6.07) is 11.2. The van der Waals surface area contributed by atoms with Crippen LogP contribution in [0.25, 0.3) is 4.96 Å². The quantitative estimate of drug-likeness (QED) is 0.679. The standard InChI is InChI=1S/C16H14N2O3S/c19-14-10-13(17-16-18(14)8-9-22-16)11-21-15(20)7-6-12-4-2-1-3-5-12/h1-5,8-10H,6-7,11H2. The van der Waals surface area contributed by atoms with E-state index < -0.39 is 0 Å². The summed E-state index contributed by atoms with van der Waals surface area (Å²) < 4.78 is 6.65. The molecule has 2 aromatic heterocycles. The van der Waals surface area contributed by atoms with E-state index in [0.717, 1.165) is 5.56 Å². The Balaban J connectivity index is 1.57. The average molecular weight is 314 g/mol. The third-order valence-electron chi connectivity index (χ3n) is 3.20. The maximum Gasteiger partial charge on any atom is 0.306 e. The summed E-state index contributed by atoms with van der Waals surface area (Å²) in [4.78, 5) is 28.5. The minimum atomic E-state index is -0.294. The van der Waals surface area contributed by atoms with Crippen molar-refractivity contribution in [2.24, 2.45) is 0 Å². The van der Waals surface area contributed by atoms with E-state index in [2.05, 4.69) is 4.98 Å². The zero-order valence-electron chi connectivity index (χ0n) is 11.8. The second kappa shape index (κ2) is 6.53. The lowest BCUT2D eigenvalue weighted by molar-refractivity contribution is -0.145. The molecule has 2 heterocycles. The Morgan fingerprint density at radius 3 is 2.91 bits per heavy atom. The minimum Gasteiger partial charge on any atom is -0.459 e. The van der Waals surface area contributed by atoms with Gasteiger partial charge in [0.05, 0.1) is 5.69 Å². The molecule has 0 radical (unpaired) electrons. The van der Waals surface area contributed by atoms with E-state index in [1.165, 1.54) is 21.8 Å². The highest BCUT2D eigenvalue weighted by Crippen LogP contribution is 2.08. The molecule has 0 spiro atoms. The molecule has 0 aliphatic heterocycles. The fourth-order valence-corrected chi connectivity index (χ4v) is 2.82. The highest BCUT2D eigenvalue weighted by molar-refractivity contribution is 7.15. The van der Waals surface area contributed by atoms with Crippen LogP contribution >= 0.6 is 11.3 Å². The van der Waals surface area contributed by atoms with E-state index in [1.807, 2.05) is 30.3 Å². The van der Waals surface area contributed by atoms with Crippen molar-refractivity contribution in [3.8, 4) is 0 Å². The number of ether oxygens (including phenoxy) is 1. The largest absolute Gasteiger partial charge is 0.459 e. The molecule has 0 fully saturated rings. The molecule has 5 nitrogen and oxygen atoms in total. The van der Waals surface area contributed by atoms with Gasteiger partial charge in [-0.25, -0.2) is 4.98 Å². The molecule has 1 aromatic carbocycles. The molecule has 0 unspecified atom stereocenters. The third kappa shape index (κ3) is 3.40. The van der Waals surface area contributed by atoms with Crippen molar-refractivity contribution in [2.45, 2.75) is 19.4 Å². The van der Waals surface area contributed by atoms with Crippen LogP contribution in [-0.2, 0) is 22.6 Å². The molecule has 0 aliphatic rings. The van der Waals surface area contributed by atoms with Crippen molar-refractivity contribution in [3.05, 3.63) is 69.6 Å². The highest BCUT2D eigenvalue weighted by atomic mass is 32.1. The van der Waals surface area contributed by atoms with Gasteiger partial charge in [0.25, 0.3) is 5.56 Å². The van der Waals surface area contributed by atoms with Gasteiger partial charge in [-0.05, 0) is 12.0 Å². The van der Waals surface area contributed by atoms with Crippen molar-refractivity contribution < 1.29 is 9.53 Å². The number of carbonyl (C=O) groups is 1. The third-order valence-corrected chi connectivity index (χ3v) is 3.95. The predicted molar refractivity (Wildman–Crippen MR) is 83.9 cm³/mol. The molecule has 22 heavy (non-hydrogen) atoms. The summed E-state index contributed by atoms with van der Waals surface area (Å²) in [5.41, 5.74) is 1.40. The van der Waals surface area contributed by atoms with Gasteiger partial charge in [-0.15, -0.1) is 11.3 Å². The van der Waals surface area contributed by atoms with Crippen LogP contribution in [0.4, 0.5) is 0 Å². The molecular weight excluding hydrogens is 300 g/mol. The number of fused-ring (bicyclic) bond motifs is 1. The summed E-state index contributed by atoms with van der Waals surface area (Å²) in [6.07, 6.45) is 2.62. The minimum absolute atomic E-state index is 0.0251. The van der Waals surface area contributed by atoms with Gasteiger partial charge in [0.2, 0.25) is 0 Å². The van der Waals surface area contributed by atoms with Gasteiger partial charge in [-0.2, -0.15) is 0 Å². The lowest BCUT2D eigenvalue weighted by Gasteiger charge is -2.05. The van der Waals surface area contributed by atoms with Crippen molar-refractivity contribution in [1.29, 1.82) is 0 Å². The van der Waals surface area contributed by atoms with Crippen molar-refractivity contribution in [1.82, 2.24) is 9.38 Å². The number of hydrogen-bond acceptors (Lipinski definition) is 5. The second-order valence-corrected chi connectivity index (χ2v) is 5.66. The summed E-state index contributed by atoms with van der Waals surface area (Å²) in [5.74, 6) is -0.294. The van der Waals surface area contributed by atoms with Crippen LogP contribution < -0.4 is 5.56 Å². The van der Waals surface area contributed by atoms with Gasteiger partial charge in [-0.1, -0.05) is 30.3 Å². The van der Waals surface area contributed by atoms with E-state index in [1.54, 1.807) is 11.6 Å². The molecule has 3 aromatic rings. The van der Waals surface area contributed by atoms with Crippen molar-refractivity contribution >= 4 is 22.3 Å². The lowest BCUT2D eigenvalue weighted by atomic mass is 10.1. The van der Waals surface area contributed by atoms with Gasteiger partial charge >= 0.3 is 5.97 Å². The molecule has 0 aliphatic carbocycles. The zero-order valence-corrected chi connectivity index (χ0v) is 12.6. The molecule has 112 valence electrons. The number of nitrogens with zero attached hydrogens (tertiary/aromatic N) is 2. The Bertz CT molecular complexity index is 839. The first-order chi connectivity index (χ1) is 10.7. The number of hydrogen-bond donors (Lipinski definition) is 0. The van der Waals surface area contributed by atoms with Gasteiger partial charge in [-0.3, -0.25) is 14.0 Å². The average Bonchev–Trinajstić information content (AvgIpc) is 3.01. The van der Waals surface area contributed by atoms with E-state index in [9.17, 15) is 9.59 Å². The number of benzene rings is 1. The van der Waals surface area contributed by atoms with Gasteiger partial charge in [0.1, 0.15) is 6.61 Å². The summed E-state index contributed by atoms with van der Waals surface area (Å²) in [7, 11) is 0. The van der Waals surface area contributed by atoms with Crippen LogP contribution in [0.3, 0.4) is 0 Å². The Labute approximate surface area is 130 Å². The van der Waals surface area contributed by atoms with Crippen LogP contribution in [0.5, 0.6) is 0 Å². The molecule has 0 bridgehead atoms. The summed E-state index contributed by atoms with van der Waals surface area (Å²) >= 11 is 1.37. The van der Waals surface area contributed by atoms with Crippen LogP contribution in [0, 0.1) is 0 Å². The Morgan fingerprint density at radius 2 is 2.09 bits per heavy atom. The molecule has 0 saturated heterocycles. The van der Waals surface area contributed by atoms with Crippen molar-refractivity contribution in [3.63, 3.8) is 0 Å². The molecule has 0 atom stereocenters. The normalized spacial score (nSPS) is 10.7. The molecule has 6 heteroatoms. The Morgan fingerprint density at radius 1 is 1.27 bits per heavy atom. The number of thiazole rings is 1. The van der Waals surface area contributed by atoms with Crippen LogP contribution in [0.1, 0.15) is 17.7 Å². The smallest absolute Gasteiger partial charge is 0.306 e. The number of carbonyl (C=O) groups excluding carboxylic acids is 1. The monoisotopic (exact) mass is 314 g/mol. The Hall–Kier alpha value is -2.47. The first-order valence-corrected chi connectivity index (χ1v) is 7.76. The molecule has 0 saturated carbocycles. The first-order valence-electron chi connectivity index (χ1n) is 6.88. The molecule has 3 rings (SSSR count). The predicted octanol–water partition coefficient (Wildman–Crippen LogP) is 2.43. The SMILES string of the molecule is O=C(CCc1ccccc1)OCc1cc(=O)n2ccsc2n1. The number of rotatable bonds is 5. The zero-order chi connectivity index (χ0) is 15.4. The van der Waals surface area contributed by atoms with E-state index in [4.69, 9.17) is 4.74 Å².